The molecule has 0 aliphatic carbocycles. The van der Waals surface area contributed by atoms with Gasteiger partial charge in [0.15, 0.2) is 0 Å². The second kappa shape index (κ2) is 5.77. The molecule has 0 radical (unpaired) electrons. The number of alkyl halides is 3. The third-order valence-electron chi connectivity index (χ3n) is 2.10. The van der Waals surface area contributed by atoms with Gasteiger partial charge in [-0.25, -0.2) is 9.59 Å². The number of aromatic nitrogens is 1. The van der Waals surface area contributed by atoms with Crippen molar-refractivity contribution in [3.05, 3.63) is 23.0 Å². The zero-order chi connectivity index (χ0) is 14.6. The maximum Gasteiger partial charge on any atom is 0.431 e. The zero-order valence-electron chi connectivity index (χ0n) is 10.3. The molecule has 0 atom stereocenters. The Bertz CT molecular complexity index is 443. The lowest BCUT2D eigenvalue weighted by molar-refractivity contribution is -0.140. The minimum Gasteiger partial charge on any atom is -0.462 e. The topological polar surface area (TPSA) is 68.4 Å². The van der Waals surface area contributed by atoms with Crippen LogP contribution in [0, 0.1) is 0 Å². The largest absolute Gasteiger partial charge is 0.462 e. The van der Waals surface area contributed by atoms with Gasteiger partial charge in [0.05, 0.1) is 18.8 Å². The number of hydrogen-bond acceptors (Lipinski definition) is 4. The van der Waals surface area contributed by atoms with Gasteiger partial charge in [0, 0.05) is 0 Å². The molecule has 0 spiro atoms. The summed E-state index contributed by atoms with van der Waals surface area (Å²) in [5.41, 5.74) is -2.26. The average molecular weight is 279 g/mol. The summed E-state index contributed by atoms with van der Waals surface area (Å²) in [6, 6.07) is 0.532. The summed E-state index contributed by atoms with van der Waals surface area (Å²) < 4.78 is 46.8. The summed E-state index contributed by atoms with van der Waals surface area (Å²) >= 11 is 0. The molecule has 1 aromatic heterocycles. The Balaban J connectivity index is 3.22. The fraction of sp³-hybridized carbons (Fsp3) is 0.455. The number of aromatic amines is 1. The smallest absolute Gasteiger partial charge is 0.431 e. The van der Waals surface area contributed by atoms with E-state index in [9.17, 15) is 22.8 Å². The second-order valence-corrected chi connectivity index (χ2v) is 3.41. The van der Waals surface area contributed by atoms with Crippen LogP contribution < -0.4 is 0 Å². The van der Waals surface area contributed by atoms with Gasteiger partial charge in [-0.15, -0.1) is 0 Å². The van der Waals surface area contributed by atoms with Crippen LogP contribution >= 0.6 is 0 Å². The van der Waals surface area contributed by atoms with E-state index in [1.165, 1.54) is 13.8 Å². The molecule has 106 valence electrons. The Morgan fingerprint density at radius 3 is 2.16 bits per heavy atom. The van der Waals surface area contributed by atoms with Crippen LogP contribution in [0.5, 0.6) is 0 Å². The van der Waals surface area contributed by atoms with Gasteiger partial charge in [0.2, 0.25) is 0 Å². The molecule has 8 heteroatoms. The number of halogens is 3. The summed E-state index contributed by atoms with van der Waals surface area (Å²) in [6.45, 7) is 2.95. The highest BCUT2D eigenvalue weighted by atomic mass is 19.4. The minimum absolute atomic E-state index is 0.0202. The normalized spacial score (nSPS) is 11.2. The number of nitrogens with one attached hydrogen (secondary N) is 1. The molecular weight excluding hydrogens is 267 g/mol. The van der Waals surface area contributed by atoms with Gasteiger partial charge >= 0.3 is 18.1 Å². The molecule has 0 saturated carbocycles. The van der Waals surface area contributed by atoms with Crippen molar-refractivity contribution in [3.63, 3.8) is 0 Å². The van der Waals surface area contributed by atoms with Crippen molar-refractivity contribution in [2.45, 2.75) is 20.0 Å². The summed E-state index contributed by atoms with van der Waals surface area (Å²) in [5.74, 6) is -2.06. The van der Waals surface area contributed by atoms with E-state index >= 15 is 0 Å². The zero-order valence-corrected chi connectivity index (χ0v) is 10.3. The summed E-state index contributed by atoms with van der Waals surface area (Å²) in [6.07, 6.45) is -4.70. The fourth-order valence-corrected chi connectivity index (χ4v) is 1.34. The predicted octanol–water partition coefficient (Wildman–Crippen LogP) is 2.39. The standard InChI is InChI=1S/C11H12F3NO4/c1-3-18-9(16)6-5-7(11(12,13)14)15-8(6)10(17)19-4-2/h5,15H,3-4H2,1-2H3. The second-order valence-electron chi connectivity index (χ2n) is 3.41. The highest BCUT2D eigenvalue weighted by molar-refractivity contribution is 6.02. The van der Waals surface area contributed by atoms with Gasteiger partial charge in [0.25, 0.3) is 0 Å². The Hall–Kier alpha value is -1.99. The summed E-state index contributed by atoms with van der Waals surface area (Å²) in [7, 11) is 0. The summed E-state index contributed by atoms with van der Waals surface area (Å²) in [4.78, 5) is 24.8. The number of carbonyl (C=O) groups is 2. The van der Waals surface area contributed by atoms with Crippen molar-refractivity contribution in [3.8, 4) is 0 Å². The van der Waals surface area contributed by atoms with Gasteiger partial charge in [-0.05, 0) is 19.9 Å². The molecule has 0 bridgehead atoms. The number of esters is 2. The van der Waals surface area contributed by atoms with Crippen LogP contribution in [-0.4, -0.2) is 30.1 Å². The van der Waals surface area contributed by atoms with Crippen LogP contribution in [0.1, 0.15) is 40.4 Å². The number of H-pyrrole nitrogens is 1. The SMILES string of the molecule is CCOC(=O)c1cc(C(F)(F)F)[nH]c1C(=O)OCC. The molecule has 0 unspecified atom stereocenters. The van der Waals surface area contributed by atoms with Gasteiger partial charge in [-0.3, -0.25) is 0 Å². The van der Waals surface area contributed by atoms with Gasteiger partial charge in [-0.2, -0.15) is 13.2 Å². The first-order chi connectivity index (χ1) is 8.81. The van der Waals surface area contributed by atoms with Crippen molar-refractivity contribution in [2.24, 2.45) is 0 Å². The molecule has 1 heterocycles. The molecule has 0 aromatic carbocycles. The van der Waals surface area contributed by atoms with Crippen molar-refractivity contribution < 1.29 is 32.2 Å². The first-order valence-corrected chi connectivity index (χ1v) is 5.45. The van der Waals surface area contributed by atoms with Crippen LogP contribution in [-0.2, 0) is 15.7 Å². The minimum atomic E-state index is -4.70. The molecule has 0 saturated heterocycles. The molecule has 0 amide bonds. The van der Waals surface area contributed by atoms with Gasteiger partial charge in [0.1, 0.15) is 11.4 Å². The van der Waals surface area contributed by atoms with Crippen molar-refractivity contribution in [1.29, 1.82) is 0 Å². The first kappa shape index (κ1) is 15.1. The molecular formula is C11H12F3NO4. The Morgan fingerprint density at radius 2 is 1.68 bits per heavy atom. The number of carbonyl (C=O) groups excluding carboxylic acids is 2. The van der Waals surface area contributed by atoms with E-state index in [1.54, 1.807) is 0 Å². The van der Waals surface area contributed by atoms with Crippen LogP contribution in [0.15, 0.2) is 6.07 Å². The predicted molar refractivity (Wildman–Crippen MR) is 57.7 cm³/mol. The van der Waals surface area contributed by atoms with Crippen LogP contribution in [0.2, 0.25) is 0 Å². The quantitative estimate of drug-likeness (QED) is 0.859. The van der Waals surface area contributed by atoms with Crippen LogP contribution in [0.25, 0.3) is 0 Å². The molecule has 1 rings (SSSR count). The molecule has 0 aliphatic rings. The lowest BCUT2D eigenvalue weighted by atomic mass is 10.2. The molecule has 0 aliphatic heterocycles. The Morgan fingerprint density at radius 1 is 1.16 bits per heavy atom. The Kier molecular flexibility index (Phi) is 4.57. The maximum atomic E-state index is 12.5. The molecule has 0 fully saturated rings. The third-order valence-corrected chi connectivity index (χ3v) is 2.10. The molecule has 19 heavy (non-hydrogen) atoms. The highest BCUT2D eigenvalue weighted by Gasteiger charge is 2.36. The van der Waals surface area contributed by atoms with E-state index in [0.29, 0.717) is 6.07 Å². The lowest BCUT2D eigenvalue weighted by Gasteiger charge is -2.03. The van der Waals surface area contributed by atoms with E-state index in [-0.39, 0.29) is 13.2 Å². The van der Waals surface area contributed by atoms with E-state index in [0.717, 1.165) is 0 Å². The number of ether oxygens (including phenoxy) is 2. The maximum absolute atomic E-state index is 12.5. The lowest BCUT2D eigenvalue weighted by Crippen LogP contribution is -2.13. The van der Waals surface area contributed by atoms with Gasteiger partial charge < -0.3 is 14.5 Å². The third kappa shape index (κ3) is 3.49. The Labute approximate surface area is 106 Å². The van der Waals surface area contributed by atoms with E-state index in [1.807, 2.05) is 4.98 Å². The van der Waals surface area contributed by atoms with E-state index in [2.05, 4.69) is 9.47 Å². The molecule has 5 nitrogen and oxygen atoms in total. The number of hydrogen-bond donors (Lipinski definition) is 1. The number of rotatable bonds is 4. The van der Waals surface area contributed by atoms with E-state index < -0.39 is 35.1 Å². The fourth-order valence-electron chi connectivity index (χ4n) is 1.34. The average Bonchev–Trinajstić information content (AvgIpc) is 2.74. The van der Waals surface area contributed by atoms with Crippen molar-refractivity contribution >= 4 is 11.9 Å². The van der Waals surface area contributed by atoms with Crippen molar-refractivity contribution in [1.82, 2.24) is 4.98 Å². The van der Waals surface area contributed by atoms with Gasteiger partial charge in [-0.1, -0.05) is 0 Å². The van der Waals surface area contributed by atoms with Crippen molar-refractivity contribution in [2.75, 3.05) is 13.2 Å². The first-order valence-electron chi connectivity index (χ1n) is 5.45. The van der Waals surface area contributed by atoms with Crippen LogP contribution in [0.3, 0.4) is 0 Å². The molecule has 1 N–H and O–H groups in total. The monoisotopic (exact) mass is 279 g/mol. The van der Waals surface area contributed by atoms with Crippen LogP contribution in [0.4, 0.5) is 13.2 Å². The molecule has 1 aromatic rings. The van der Waals surface area contributed by atoms with E-state index in [4.69, 9.17) is 0 Å². The summed E-state index contributed by atoms with van der Waals surface area (Å²) in [5, 5.41) is 0. The highest BCUT2D eigenvalue weighted by Crippen LogP contribution is 2.30.